The number of benzene rings is 1. The third kappa shape index (κ3) is 1.31. The van der Waals surface area contributed by atoms with Crippen molar-refractivity contribution in [3.63, 3.8) is 0 Å². The highest BCUT2D eigenvalue weighted by atomic mass is 16.5. The lowest BCUT2D eigenvalue weighted by Crippen LogP contribution is -2.47. The Morgan fingerprint density at radius 2 is 2.42 bits per heavy atom. The molecule has 1 N–H and O–H groups in total. The van der Waals surface area contributed by atoms with E-state index in [2.05, 4.69) is 21.5 Å². The Balaban J connectivity index is 1.92. The third-order valence-electron chi connectivity index (χ3n) is 3.81. The maximum Gasteiger partial charge on any atom is 0.225 e. The van der Waals surface area contributed by atoms with Gasteiger partial charge in [-0.15, -0.1) is 0 Å². The lowest BCUT2D eigenvalue weighted by Gasteiger charge is -2.44. The van der Waals surface area contributed by atoms with E-state index in [1.807, 2.05) is 19.1 Å². The van der Waals surface area contributed by atoms with E-state index in [0.29, 0.717) is 0 Å². The lowest BCUT2D eigenvalue weighted by molar-refractivity contribution is -0.0365. The van der Waals surface area contributed by atoms with Crippen LogP contribution >= 0.6 is 0 Å². The van der Waals surface area contributed by atoms with Crippen molar-refractivity contribution in [2.45, 2.75) is 25.1 Å². The SMILES string of the molecule is COc1cccc2c1OC1(C)CC2Nc2ncnn21. The Bertz CT molecular complexity index is 654. The number of methoxy groups -OCH3 is 1. The fourth-order valence-electron chi connectivity index (χ4n) is 2.93. The molecule has 0 fully saturated rings. The molecule has 3 heterocycles. The topological polar surface area (TPSA) is 61.2 Å². The molecule has 2 aliphatic heterocycles. The second-order valence-corrected chi connectivity index (χ2v) is 5.05. The highest BCUT2D eigenvalue weighted by Crippen LogP contribution is 2.50. The Labute approximate surface area is 110 Å². The van der Waals surface area contributed by atoms with E-state index in [1.54, 1.807) is 18.1 Å². The number of para-hydroxylation sites is 1. The maximum atomic E-state index is 6.19. The molecule has 19 heavy (non-hydrogen) atoms. The molecule has 2 unspecified atom stereocenters. The van der Waals surface area contributed by atoms with Crippen LogP contribution in [0.1, 0.15) is 24.9 Å². The van der Waals surface area contributed by atoms with Crippen LogP contribution in [0.25, 0.3) is 0 Å². The number of nitrogens with zero attached hydrogens (tertiary/aromatic N) is 3. The summed E-state index contributed by atoms with van der Waals surface area (Å²) in [6.07, 6.45) is 2.35. The molecular formula is C13H14N4O2. The first-order valence-electron chi connectivity index (χ1n) is 6.24. The first-order valence-corrected chi connectivity index (χ1v) is 6.24. The van der Waals surface area contributed by atoms with Gasteiger partial charge in [-0.1, -0.05) is 12.1 Å². The molecule has 2 bridgehead atoms. The van der Waals surface area contributed by atoms with Crippen molar-refractivity contribution in [2.75, 3.05) is 12.4 Å². The molecule has 0 saturated heterocycles. The number of fused-ring (bicyclic) bond motifs is 6. The summed E-state index contributed by atoms with van der Waals surface area (Å²) in [5, 5.41) is 7.65. The quantitative estimate of drug-likeness (QED) is 0.846. The predicted molar refractivity (Wildman–Crippen MR) is 68.3 cm³/mol. The Kier molecular flexibility index (Phi) is 1.91. The summed E-state index contributed by atoms with van der Waals surface area (Å²) in [5.41, 5.74) is 0.578. The zero-order valence-electron chi connectivity index (χ0n) is 10.8. The lowest BCUT2D eigenvalue weighted by atomic mass is 9.92. The van der Waals surface area contributed by atoms with Crippen molar-refractivity contribution < 1.29 is 9.47 Å². The Morgan fingerprint density at radius 3 is 3.26 bits per heavy atom. The minimum atomic E-state index is -0.524. The first kappa shape index (κ1) is 10.7. The van der Waals surface area contributed by atoms with E-state index in [4.69, 9.17) is 9.47 Å². The van der Waals surface area contributed by atoms with Gasteiger partial charge >= 0.3 is 0 Å². The number of ether oxygens (including phenoxy) is 2. The highest BCUT2D eigenvalue weighted by molar-refractivity contribution is 5.53. The van der Waals surface area contributed by atoms with Crippen molar-refractivity contribution in [3.05, 3.63) is 30.1 Å². The molecule has 4 rings (SSSR count). The van der Waals surface area contributed by atoms with E-state index in [9.17, 15) is 0 Å². The standard InChI is InChI=1S/C13H14N4O2/c1-13-6-9(16-12-14-7-15-17(12)13)8-4-3-5-10(18-2)11(8)19-13/h3-5,7,9H,6H2,1-2H3,(H,14,15,16). The van der Waals surface area contributed by atoms with Gasteiger partial charge in [0.25, 0.3) is 0 Å². The molecule has 0 saturated carbocycles. The van der Waals surface area contributed by atoms with E-state index in [-0.39, 0.29) is 6.04 Å². The molecule has 98 valence electrons. The van der Waals surface area contributed by atoms with Crippen LogP contribution in [-0.4, -0.2) is 21.9 Å². The molecule has 2 aliphatic rings. The van der Waals surface area contributed by atoms with Gasteiger partial charge in [0.05, 0.1) is 13.2 Å². The average Bonchev–Trinajstić information content (AvgIpc) is 2.87. The predicted octanol–water partition coefficient (Wildman–Crippen LogP) is 1.91. The highest BCUT2D eigenvalue weighted by Gasteiger charge is 2.46. The molecular weight excluding hydrogens is 244 g/mol. The number of aromatic nitrogens is 3. The molecule has 1 aromatic heterocycles. The van der Waals surface area contributed by atoms with Gasteiger partial charge in [-0.2, -0.15) is 14.8 Å². The van der Waals surface area contributed by atoms with Crippen LogP contribution in [0, 0.1) is 0 Å². The van der Waals surface area contributed by atoms with Crippen molar-refractivity contribution in [1.29, 1.82) is 0 Å². The molecule has 2 atom stereocenters. The number of hydrogen-bond acceptors (Lipinski definition) is 5. The van der Waals surface area contributed by atoms with Crippen LogP contribution in [0.2, 0.25) is 0 Å². The van der Waals surface area contributed by atoms with Crippen LogP contribution in [0.15, 0.2) is 24.5 Å². The minimum Gasteiger partial charge on any atom is -0.493 e. The molecule has 0 aliphatic carbocycles. The van der Waals surface area contributed by atoms with Gasteiger partial charge in [0.15, 0.2) is 11.5 Å². The maximum absolute atomic E-state index is 6.19. The normalized spacial score (nSPS) is 26.7. The number of nitrogens with one attached hydrogen (secondary N) is 1. The summed E-state index contributed by atoms with van der Waals surface area (Å²) < 4.78 is 13.4. The fourth-order valence-corrected chi connectivity index (χ4v) is 2.93. The molecule has 0 radical (unpaired) electrons. The summed E-state index contributed by atoms with van der Waals surface area (Å²) >= 11 is 0. The van der Waals surface area contributed by atoms with Gasteiger partial charge in [0.1, 0.15) is 6.33 Å². The molecule has 6 nitrogen and oxygen atoms in total. The largest absolute Gasteiger partial charge is 0.493 e. The zero-order valence-corrected chi connectivity index (χ0v) is 10.8. The van der Waals surface area contributed by atoms with Crippen molar-refractivity contribution in [3.8, 4) is 11.5 Å². The van der Waals surface area contributed by atoms with Crippen LogP contribution in [0.4, 0.5) is 5.95 Å². The zero-order chi connectivity index (χ0) is 13.0. The van der Waals surface area contributed by atoms with Crippen LogP contribution in [0.5, 0.6) is 11.5 Å². The van der Waals surface area contributed by atoms with Crippen molar-refractivity contribution in [2.24, 2.45) is 0 Å². The summed E-state index contributed by atoms with van der Waals surface area (Å²) in [5.74, 6) is 2.28. The average molecular weight is 258 g/mol. The molecule has 1 aromatic carbocycles. The van der Waals surface area contributed by atoms with Gasteiger partial charge in [-0.05, 0) is 13.0 Å². The summed E-state index contributed by atoms with van der Waals surface area (Å²) in [7, 11) is 1.65. The molecule has 0 spiro atoms. The van der Waals surface area contributed by atoms with E-state index in [0.717, 1.165) is 29.4 Å². The second-order valence-electron chi connectivity index (χ2n) is 5.05. The fraction of sp³-hybridized carbons (Fsp3) is 0.385. The van der Waals surface area contributed by atoms with E-state index >= 15 is 0 Å². The number of rotatable bonds is 1. The molecule has 2 aromatic rings. The van der Waals surface area contributed by atoms with Crippen LogP contribution < -0.4 is 14.8 Å². The Morgan fingerprint density at radius 1 is 1.53 bits per heavy atom. The summed E-state index contributed by atoms with van der Waals surface area (Å²) in [4.78, 5) is 4.23. The summed E-state index contributed by atoms with van der Waals surface area (Å²) in [6.45, 7) is 2.02. The minimum absolute atomic E-state index is 0.167. The van der Waals surface area contributed by atoms with E-state index in [1.165, 1.54) is 0 Å². The molecule has 0 amide bonds. The third-order valence-corrected chi connectivity index (χ3v) is 3.81. The van der Waals surface area contributed by atoms with Gasteiger partial charge in [0.2, 0.25) is 11.7 Å². The number of hydrogen-bond donors (Lipinski definition) is 1. The van der Waals surface area contributed by atoms with Crippen LogP contribution in [-0.2, 0) is 5.72 Å². The van der Waals surface area contributed by atoms with E-state index < -0.39 is 5.72 Å². The van der Waals surface area contributed by atoms with Gasteiger partial charge in [0, 0.05) is 12.0 Å². The molecule has 6 heteroatoms. The Hall–Kier alpha value is -2.24. The van der Waals surface area contributed by atoms with Gasteiger partial charge in [-0.25, -0.2) is 0 Å². The van der Waals surface area contributed by atoms with Crippen molar-refractivity contribution in [1.82, 2.24) is 14.8 Å². The number of anilines is 1. The second kappa shape index (κ2) is 3.40. The van der Waals surface area contributed by atoms with Crippen molar-refractivity contribution >= 4 is 5.95 Å². The van der Waals surface area contributed by atoms with Crippen LogP contribution in [0.3, 0.4) is 0 Å². The van der Waals surface area contributed by atoms with Gasteiger partial charge in [-0.3, -0.25) is 0 Å². The smallest absolute Gasteiger partial charge is 0.225 e. The van der Waals surface area contributed by atoms with Gasteiger partial charge < -0.3 is 14.8 Å². The summed E-state index contributed by atoms with van der Waals surface area (Å²) in [6, 6.07) is 6.11. The monoisotopic (exact) mass is 258 g/mol. The first-order chi connectivity index (χ1) is 9.21.